The number of nitrogens with zero attached hydrogens (tertiary/aromatic N) is 3. The molecule has 0 radical (unpaired) electrons. The van der Waals surface area contributed by atoms with Gasteiger partial charge in [-0.2, -0.15) is 4.76 Å². The highest BCUT2D eigenvalue weighted by Crippen LogP contribution is 2.57. The summed E-state index contributed by atoms with van der Waals surface area (Å²) in [7, 11) is -1.86. The minimum absolute atomic E-state index is 0.00571. The Kier molecular flexibility index (Phi) is 5.80. The molecular formula is C17H24N3O4P. The zero-order valence-corrected chi connectivity index (χ0v) is 16.0. The number of rotatable bonds is 3. The van der Waals surface area contributed by atoms with Gasteiger partial charge in [-0.25, -0.2) is 4.99 Å². The van der Waals surface area contributed by atoms with Gasteiger partial charge < -0.3 is 14.5 Å². The fraction of sp³-hybridized carbons (Fsp3) is 0.471. The fourth-order valence-electron chi connectivity index (χ4n) is 2.70. The number of allylic oxidation sites excluding steroid dienone is 4. The smallest absolute Gasteiger partial charge is 0.329 e. The summed E-state index contributed by atoms with van der Waals surface area (Å²) < 4.78 is 22.7. The second-order valence-corrected chi connectivity index (χ2v) is 7.63. The van der Waals surface area contributed by atoms with Crippen LogP contribution in [0.1, 0.15) is 27.7 Å². The molecule has 3 atom stereocenters. The fourth-order valence-corrected chi connectivity index (χ4v) is 4.62. The normalized spacial score (nSPS) is 30.6. The van der Waals surface area contributed by atoms with Gasteiger partial charge in [0.1, 0.15) is 17.0 Å². The lowest BCUT2D eigenvalue weighted by molar-refractivity contribution is -0.125. The summed E-state index contributed by atoms with van der Waals surface area (Å²) in [4.78, 5) is 18.1. The van der Waals surface area contributed by atoms with E-state index in [9.17, 15) is 14.5 Å². The molecule has 0 spiro atoms. The molecule has 136 valence electrons. The number of aliphatic imine (C=N–C) groups is 1. The molecule has 0 aromatic rings. The molecule has 8 heteroatoms. The molecule has 25 heavy (non-hydrogen) atoms. The molecule has 3 unspecified atom stereocenters. The predicted molar refractivity (Wildman–Crippen MR) is 99.4 cm³/mol. The number of carbonyl (C=O) groups is 1. The van der Waals surface area contributed by atoms with Crippen LogP contribution < -0.4 is 0 Å². The van der Waals surface area contributed by atoms with Gasteiger partial charge in [-0.05, 0) is 19.9 Å². The third-order valence-corrected chi connectivity index (χ3v) is 6.34. The summed E-state index contributed by atoms with van der Waals surface area (Å²) in [6.07, 6.45) is 6.99. The van der Waals surface area contributed by atoms with Crippen molar-refractivity contribution in [3.05, 3.63) is 35.6 Å². The van der Waals surface area contributed by atoms with Crippen LogP contribution in [0.2, 0.25) is 0 Å². The molecule has 0 saturated carbocycles. The van der Waals surface area contributed by atoms with E-state index in [1.807, 2.05) is 13.8 Å². The average Bonchev–Trinajstić information content (AvgIpc) is 2.80. The predicted octanol–water partition coefficient (Wildman–Crippen LogP) is 3.26. The van der Waals surface area contributed by atoms with Crippen LogP contribution in [0.25, 0.3) is 0 Å². The molecule has 3 aliphatic rings. The summed E-state index contributed by atoms with van der Waals surface area (Å²) in [5.74, 6) is -0.529. The van der Waals surface area contributed by atoms with Crippen molar-refractivity contribution in [3.8, 4) is 0 Å². The van der Waals surface area contributed by atoms with Crippen molar-refractivity contribution in [1.82, 2.24) is 4.90 Å². The second-order valence-electron chi connectivity index (χ2n) is 5.48. The van der Waals surface area contributed by atoms with Crippen LogP contribution >= 0.6 is 7.52 Å². The Labute approximate surface area is 148 Å². The van der Waals surface area contributed by atoms with Gasteiger partial charge in [-0.15, -0.1) is 0 Å². The monoisotopic (exact) mass is 365 g/mol. The highest BCUT2D eigenvalue weighted by atomic mass is 31.2. The van der Waals surface area contributed by atoms with Crippen LogP contribution in [-0.2, 0) is 13.9 Å². The first-order valence-corrected chi connectivity index (χ1v) is 10.0. The van der Waals surface area contributed by atoms with Crippen LogP contribution in [0, 0.1) is 0 Å². The summed E-state index contributed by atoms with van der Waals surface area (Å²) in [5, 5.41) is 10.3. The lowest BCUT2D eigenvalue weighted by Gasteiger charge is -2.27. The molecule has 1 N–H and O–H groups in total. The lowest BCUT2D eigenvalue weighted by atomic mass is 10.1. The van der Waals surface area contributed by atoms with Gasteiger partial charge in [0.05, 0.1) is 18.4 Å². The highest BCUT2D eigenvalue weighted by molar-refractivity contribution is 7.60. The van der Waals surface area contributed by atoms with Crippen LogP contribution in [0.3, 0.4) is 0 Å². The average molecular weight is 365 g/mol. The maximum absolute atomic E-state index is 13.1. The Bertz CT molecular complexity index is 764. The number of aliphatic hydroxyl groups excluding tert-OH is 1. The Balaban J connectivity index is 0.00000109. The van der Waals surface area contributed by atoms with Crippen molar-refractivity contribution in [2.24, 2.45) is 9.76 Å². The molecule has 0 saturated heterocycles. The molecule has 2 heterocycles. The van der Waals surface area contributed by atoms with Gasteiger partial charge >= 0.3 is 7.52 Å². The summed E-state index contributed by atoms with van der Waals surface area (Å²) in [6.45, 7) is 7.66. The standard InChI is InChI=1S/C15H18N3O4P.C2H6/c1-4-22-23(21)11-8-6-5-7-10(11)16-14(17-23)12-13(19)9(2)18(3)15(12)20;1-2/h5-9,11,19H,4H2,1-3H3;1-2H3. The number of amidine groups is 1. The number of hydrogen-bond donors (Lipinski definition) is 1. The minimum atomic E-state index is -3.44. The summed E-state index contributed by atoms with van der Waals surface area (Å²) in [6, 6.07) is -0.466. The molecule has 0 aromatic carbocycles. The zero-order valence-electron chi connectivity index (χ0n) is 15.1. The van der Waals surface area contributed by atoms with E-state index in [2.05, 4.69) is 9.76 Å². The Morgan fingerprint density at radius 1 is 1.36 bits per heavy atom. The van der Waals surface area contributed by atoms with Crippen molar-refractivity contribution in [2.45, 2.75) is 39.4 Å². The van der Waals surface area contributed by atoms with E-state index in [1.165, 1.54) is 4.90 Å². The SMILES string of the molecule is CC.CCOP1(=O)N=C(C2=C(O)C(C)N(C)C2=O)N=C2C=CC=CC21. The van der Waals surface area contributed by atoms with E-state index in [4.69, 9.17) is 4.52 Å². The first kappa shape index (κ1) is 19.3. The maximum Gasteiger partial charge on any atom is 0.329 e. The van der Waals surface area contributed by atoms with E-state index in [0.717, 1.165) is 0 Å². The van der Waals surface area contributed by atoms with E-state index < -0.39 is 25.1 Å². The van der Waals surface area contributed by atoms with Gasteiger partial charge in [0.25, 0.3) is 5.91 Å². The first-order chi connectivity index (χ1) is 11.9. The number of likely N-dealkylation sites (N-methyl/N-ethyl adjacent to an activating group) is 1. The second kappa shape index (κ2) is 7.50. The van der Waals surface area contributed by atoms with Crippen LogP contribution in [0.4, 0.5) is 0 Å². The van der Waals surface area contributed by atoms with Crippen molar-refractivity contribution in [2.75, 3.05) is 13.7 Å². The number of hydrogen-bond acceptors (Lipinski definition) is 5. The van der Waals surface area contributed by atoms with Crippen LogP contribution in [0.15, 0.2) is 45.4 Å². The molecule has 0 bridgehead atoms. The van der Waals surface area contributed by atoms with Crippen molar-refractivity contribution >= 4 is 25.0 Å². The van der Waals surface area contributed by atoms with E-state index in [-0.39, 0.29) is 23.8 Å². The van der Waals surface area contributed by atoms with Crippen molar-refractivity contribution in [3.63, 3.8) is 0 Å². The molecule has 7 nitrogen and oxygen atoms in total. The summed E-state index contributed by atoms with van der Waals surface area (Å²) >= 11 is 0. The quantitative estimate of drug-likeness (QED) is 0.777. The third kappa shape index (κ3) is 3.26. The molecule has 1 aliphatic carbocycles. The minimum Gasteiger partial charge on any atom is -0.509 e. The van der Waals surface area contributed by atoms with Gasteiger partial charge in [0.2, 0.25) is 0 Å². The molecule has 0 aromatic heterocycles. The Hall–Kier alpha value is -1.98. The lowest BCUT2D eigenvalue weighted by Crippen LogP contribution is -2.31. The van der Waals surface area contributed by atoms with Gasteiger partial charge in [-0.1, -0.05) is 32.1 Å². The molecule has 0 fully saturated rings. The topological polar surface area (TPSA) is 91.6 Å². The number of amides is 1. The van der Waals surface area contributed by atoms with Gasteiger partial charge in [-0.3, -0.25) is 9.36 Å². The Morgan fingerprint density at radius 3 is 2.60 bits per heavy atom. The van der Waals surface area contributed by atoms with Crippen molar-refractivity contribution < 1.29 is 19.0 Å². The molecule has 3 rings (SSSR count). The largest absolute Gasteiger partial charge is 0.509 e. The first-order valence-electron chi connectivity index (χ1n) is 8.37. The van der Waals surface area contributed by atoms with E-state index in [0.29, 0.717) is 5.71 Å². The molecule has 2 aliphatic heterocycles. The van der Waals surface area contributed by atoms with Crippen molar-refractivity contribution in [1.29, 1.82) is 0 Å². The highest BCUT2D eigenvalue weighted by Gasteiger charge is 2.44. The molecular weight excluding hydrogens is 341 g/mol. The number of fused-ring (bicyclic) bond motifs is 1. The summed E-state index contributed by atoms with van der Waals surface area (Å²) in [5.41, 5.74) is -0.0379. The number of aliphatic hydroxyl groups is 1. The number of carbonyl (C=O) groups excluding carboxylic acids is 1. The van der Waals surface area contributed by atoms with Crippen LogP contribution in [-0.4, -0.2) is 52.8 Å². The Morgan fingerprint density at radius 2 is 2.04 bits per heavy atom. The van der Waals surface area contributed by atoms with Crippen LogP contribution in [0.5, 0.6) is 0 Å². The van der Waals surface area contributed by atoms with Gasteiger partial charge in [0.15, 0.2) is 5.84 Å². The molecule has 1 amide bonds. The van der Waals surface area contributed by atoms with Gasteiger partial charge in [0, 0.05) is 7.05 Å². The van der Waals surface area contributed by atoms with E-state index >= 15 is 0 Å². The van der Waals surface area contributed by atoms with E-state index in [1.54, 1.807) is 45.2 Å². The maximum atomic E-state index is 13.1. The zero-order chi connectivity index (χ0) is 18.8. The third-order valence-electron chi connectivity index (χ3n) is 4.10.